The summed E-state index contributed by atoms with van der Waals surface area (Å²) in [7, 11) is 7.86. The second-order valence-corrected chi connectivity index (χ2v) is 9.60. The Bertz CT molecular complexity index is 406. The number of amides is 1. The molecule has 0 saturated heterocycles. The van der Waals surface area contributed by atoms with Gasteiger partial charge >= 0.3 is 0 Å². The Hall–Kier alpha value is -0.320. The molecule has 1 amide bonds. The predicted molar refractivity (Wildman–Crippen MR) is 96.5 cm³/mol. The molecule has 0 aromatic rings. The van der Waals surface area contributed by atoms with Gasteiger partial charge in [-0.25, -0.2) is 0 Å². The van der Waals surface area contributed by atoms with Crippen molar-refractivity contribution in [2.24, 2.45) is 11.3 Å². The van der Waals surface area contributed by atoms with Crippen LogP contribution < -0.4 is 5.11 Å². The van der Waals surface area contributed by atoms with Crippen molar-refractivity contribution < 1.29 is 14.4 Å². The van der Waals surface area contributed by atoms with E-state index >= 15 is 0 Å². The summed E-state index contributed by atoms with van der Waals surface area (Å²) in [5.41, 5.74) is 0.120. The van der Waals surface area contributed by atoms with Crippen molar-refractivity contribution in [1.82, 2.24) is 4.90 Å². The molecule has 0 aromatic carbocycles. The van der Waals surface area contributed by atoms with E-state index in [-0.39, 0.29) is 35.7 Å². The van der Waals surface area contributed by atoms with Crippen molar-refractivity contribution in [1.29, 1.82) is 0 Å². The molecule has 1 saturated carbocycles. The average Bonchev–Trinajstić information content (AvgIpc) is 2.21. The monoisotopic (exact) mass is 348 g/mol. The molecular weight excluding hydrogens is 312 g/mol. The van der Waals surface area contributed by atoms with Gasteiger partial charge in [0.05, 0.1) is 27.7 Å². The molecule has 1 rings (SSSR count). The summed E-state index contributed by atoms with van der Waals surface area (Å²) in [6.07, 6.45) is 2.52. The quantitative estimate of drug-likeness (QED) is 0.715. The molecule has 0 aromatic heterocycles. The number of halogens is 1. The summed E-state index contributed by atoms with van der Waals surface area (Å²) in [5, 5.41) is 12.2. The molecule has 23 heavy (non-hydrogen) atoms. The van der Waals surface area contributed by atoms with Crippen LogP contribution in [-0.2, 0) is 4.79 Å². The van der Waals surface area contributed by atoms with E-state index < -0.39 is 6.10 Å². The van der Waals surface area contributed by atoms with Gasteiger partial charge in [0.15, 0.2) is 0 Å². The van der Waals surface area contributed by atoms with E-state index in [4.69, 9.17) is 0 Å². The topological polar surface area (TPSA) is 43.4 Å². The largest absolute Gasteiger partial charge is 0.848 e. The smallest absolute Gasteiger partial charge is 0.221 e. The van der Waals surface area contributed by atoms with Gasteiger partial charge in [-0.15, -0.1) is 12.4 Å². The molecule has 0 heterocycles. The number of hydrogen-bond donors (Lipinski definition) is 0. The summed E-state index contributed by atoms with van der Waals surface area (Å²) in [6.45, 7) is 9.50. The van der Waals surface area contributed by atoms with E-state index in [9.17, 15) is 9.90 Å². The third-order valence-electron chi connectivity index (χ3n) is 4.89. The second kappa shape index (κ2) is 7.71. The minimum Gasteiger partial charge on any atom is -0.848 e. The SMILES string of the molecule is CC1CC(C)(C)CC(C)(N(C)C(=O)C[C@@H]([O-])C[N+](C)(C)C)C1.Cl. The Morgan fingerprint density at radius 2 is 1.78 bits per heavy atom. The Morgan fingerprint density at radius 1 is 1.26 bits per heavy atom. The van der Waals surface area contributed by atoms with Crippen LogP contribution in [0.1, 0.15) is 53.4 Å². The first-order valence-electron chi connectivity index (χ1n) is 8.47. The van der Waals surface area contributed by atoms with Crippen LogP contribution in [0.15, 0.2) is 0 Å². The number of carbonyl (C=O) groups is 1. The summed E-state index contributed by atoms with van der Waals surface area (Å²) < 4.78 is 0.604. The first-order valence-corrected chi connectivity index (χ1v) is 8.47. The summed E-state index contributed by atoms with van der Waals surface area (Å²) in [5.74, 6) is 0.610. The first-order chi connectivity index (χ1) is 9.74. The molecule has 1 aliphatic carbocycles. The molecule has 138 valence electrons. The standard InChI is InChI=1S/C18H36N2O2.ClH/c1-14-10-17(2,3)13-18(4,11-14)19(5)16(22)9-15(21)12-20(6,7)8;/h14-15H,9-13H2,1-8H3;1H/t14?,15-,18?;/m1./s1. The fraction of sp³-hybridized carbons (Fsp3) is 0.944. The van der Waals surface area contributed by atoms with Gasteiger partial charge in [0, 0.05) is 19.0 Å². The van der Waals surface area contributed by atoms with Crippen LogP contribution in [0, 0.1) is 11.3 Å². The highest BCUT2D eigenvalue weighted by Gasteiger charge is 2.43. The zero-order valence-electron chi connectivity index (χ0n) is 16.3. The van der Waals surface area contributed by atoms with Crippen LogP contribution in [0.25, 0.3) is 0 Å². The zero-order chi connectivity index (χ0) is 17.3. The second-order valence-electron chi connectivity index (χ2n) is 9.60. The lowest BCUT2D eigenvalue weighted by Gasteiger charge is -2.50. The van der Waals surface area contributed by atoms with Gasteiger partial charge in [0.25, 0.3) is 0 Å². The molecule has 0 radical (unpaired) electrons. The van der Waals surface area contributed by atoms with Crippen molar-refractivity contribution >= 4 is 18.3 Å². The summed E-state index contributed by atoms with van der Waals surface area (Å²) in [4.78, 5) is 14.4. The minimum atomic E-state index is -0.826. The van der Waals surface area contributed by atoms with Gasteiger partial charge < -0.3 is 14.5 Å². The van der Waals surface area contributed by atoms with Crippen molar-refractivity contribution in [2.45, 2.75) is 65.0 Å². The molecule has 0 spiro atoms. The van der Waals surface area contributed by atoms with Gasteiger partial charge in [0.1, 0.15) is 0 Å². The Balaban J connectivity index is 0.00000484. The van der Waals surface area contributed by atoms with Crippen molar-refractivity contribution in [3.8, 4) is 0 Å². The van der Waals surface area contributed by atoms with Crippen LogP contribution in [0.4, 0.5) is 0 Å². The van der Waals surface area contributed by atoms with E-state index in [1.807, 2.05) is 33.1 Å². The van der Waals surface area contributed by atoms with E-state index in [0.717, 1.165) is 12.8 Å². The minimum absolute atomic E-state index is 0. The molecule has 0 aliphatic heterocycles. The maximum Gasteiger partial charge on any atom is 0.221 e. The van der Waals surface area contributed by atoms with Crippen LogP contribution in [0.5, 0.6) is 0 Å². The van der Waals surface area contributed by atoms with E-state index in [2.05, 4.69) is 27.7 Å². The fourth-order valence-corrected chi connectivity index (χ4v) is 4.51. The fourth-order valence-electron chi connectivity index (χ4n) is 4.51. The van der Waals surface area contributed by atoms with Gasteiger partial charge in [-0.05, 0) is 37.5 Å². The molecule has 5 heteroatoms. The maximum absolute atomic E-state index is 12.6. The van der Waals surface area contributed by atoms with Gasteiger partial charge in [-0.3, -0.25) is 4.79 Å². The highest BCUT2D eigenvalue weighted by Crippen LogP contribution is 2.46. The number of carbonyl (C=O) groups excluding carboxylic acids is 1. The van der Waals surface area contributed by atoms with Crippen LogP contribution >= 0.6 is 12.4 Å². The van der Waals surface area contributed by atoms with Gasteiger partial charge in [-0.1, -0.05) is 26.9 Å². The van der Waals surface area contributed by atoms with Gasteiger partial charge in [0.2, 0.25) is 5.91 Å². The molecular formula is C18H37ClN2O2. The number of likely N-dealkylation sites (N-methyl/N-ethyl adjacent to an activating group) is 1. The summed E-state index contributed by atoms with van der Waals surface area (Å²) in [6, 6.07) is 0. The number of quaternary nitrogens is 1. The van der Waals surface area contributed by atoms with Crippen molar-refractivity contribution in [3.05, 3.63) is 0 Å². The molecule has 4 nitrogen and oxygen atoms in total. The maximum atomic E-state index is 12.6. The zero-order valence-corrected chi connectivity index (χ0v) is 17.1. The molecule has 3 atom stereocenters. The lowest BCUT2D eigenvalue weighted by molar-refractivity contribution is -0.880. The molecule has 1 aliphatic rings. The number of hydrogen-bond acceptors (Lipinski definition) is 2. The Labute approximate surface area is 149 Å². The molecule has 1 fully saturated rings. The van der Waals surface area contributed by atoms with Gasteiger partial charge in [-0.2, -0.15) is 0 Å². The number of nitrogens with zero attached hydrogens (tertiary/aromatic N) is 2. The highest BCUT2D eigenvalue weighted by atomic mass is 35.5. The molecule has 0 N–H and O–H groups in total. The molecule has 2 unspecified atom stereocenters. The Morgan fingerprint density at radius 3 is 2.22 bits per heavy atom. The lowest BCUT2D eigenvalue weighted by atomic mass is 9.64. The van der Waals surface area contributed by atoms with Crippen LogP contribution in [0.3, 0.4) is 0 Å². The number of rotatable bonds is 5. The summed E-state index contributed by atoms with van der Waals surface area (Å²) >= 11 is 0. The van der Waals surface area contributed by atoms with E-state index in [0.29, 0.717) is 16.9 Å². The first kappa shape index (κ1) is 22.7. The third kappa shape index (κ3) is 6.98. The van der Waals surface area contributed by atoms with E-state index in [1.165, 1.54) is 6.42 Å². The predicted octanol–water partition coefficient (Wildman–Crippen LogP) is 2.30. The third-order valence-corrected chi connectivity index (χ3v) is 4.89. The molecule has 0 bridgehead atoms. The lowest BCUT2D eigenvalue weighted by Crippen LogP contribution is -2.55. The van der Waals surface area contributed by atoms with Crippen molar-refractivity contribution in [2.75, 3.05) is 34.7 Å². The van der Waals surface area contributed by atoms with Crippen molar-refractivity contribution in [3.63, 3.8) is 0 Å². The van der Waals surface area contributed by atoms with Crippen LogP contribution in [0.2, 0.25) is 0 Å². The normalized spacial score (nSPS) is 28.7. The van der Waals surface area contributed by atoms with E-state index in [1.54, 1.807) is 0 Å². The Kier molecular flexibility index (Phi) is 7.60. The van der Waals surface area contributed by atoms with Crippen LogP contribution in [-0.4, -0.2) is 61.7 Å². The highest BCUT2D eigenvalue weighted by molar-refractivity contribution is 5.85. The average molecular weight is 349 g/mol.